The van der Waals surface area contributed by atoms with Crippen LogP contribution >= 0.6 is 0 Å². The third-order valence-corrected chi connectivity index (χ3v) is 4.24. The van der Waals surface area contributed by atoms with Gasteiger partial charge in [0.1, 0.15) is 0 Å². The van der Waals surface area contributed by atoms with Gasteiger partial charge in [-0.05, 0) is 35.4 Å². The van der Waals surface area contributed by atoms with E-state index in [2.05, 4.69) is 34.7 Å². The van der Waals surface area contributed by atoms with Gasteiger partial charge in [-0.15, -0.1) is 0 Å². The molecule has 1 fully saturated rings. The van der Waals surface area contributed by atoms with Crippen LogP contribution in [0.1, 0.15) is 0 Å². The summed E-state index contributed by atoms with van der Waals surface area (Å²) in [6.45, 7) is 3.88. The van der Waals surface area contributed by atoms with Crippen molar-refractivity contribution in [2.45, 2.75) is 0 Å². The number of anilines is 2. The molecule has 1 aliphatic rings. The quantitative estimate of drug-likeness (QED) is 0.691. The van der Waals surface area contributed by atoms with Gasteiger partial charge in [-0.1, -0.05) is 67.2 Å². The fourth-order valence-corrected chi connectivity index (χ4v) is 2.84. The maximum atomic E-state index is 12.6. The van der Waals surface area contributed by atoms with Crippen molar-refractivity contribution in [2.75, 3.05) is 10.4 Å². The smallest absolute Gasteiger partial charge is 0.289 e. The summed E-state index contributed by atoms with van der Waals surface area (Å²) < 4.78 is 0. The number of hydrogen-bond donors (Lipinski definition) is 2. The van der Waals surface area contributed by atoms with Crippen LogP contribution in [-0.2, 0) is 4.79 Å². The molecule has 0 radical (unpaired) electrons. The molecule has 0 bridgehead atoms. The molecule has 1 heterocycles. The average molecular weight is 354 g/mol. The van der Waals surface area contributed by atoms with Gasteiger partial charge in [-0.3, -0.25) is 15.6 Å². The van der Waals surface area contributed by atoms with E-state index in [0.717, 1.165) is 22.5 Å². The van der Waals surface area contributed by atoms with Crippen LogP contribution in [0.15, 0.2) is 102 Å². The molecular formula is C22H18N4O. The molecule has 2 N–H and O–H groups in total. The SMILES string of the molecule is C=C1NN(c2ccccc2)C(=O)C1=NNc1ccc(-c2ccccc2)cc1. The Kier molecular flexibility index (Phi) is 4.41. The number of nitrogens with one attached hydrogen (secondary N) is 2. The third-order valence-electron chi connectivity index (χ3n) is 4.24. The zero-order chi connectivity index (χ0) is 18.6. The Morgan fingerprint density at radius 3 is 2.07 bits per heavy atom. The Balaban J connectivity index is 1.49. The summed E-state index contributed by atoms with van der Waals surface area (Å²) in [5, 5.41) is 5.68. The number of nitrogens with zero attached hydrogens (tertiary/aromatic N) is 2. The van der Waals surface area contributed by atoms with E-state index in [1.807, 2.05) is 72.8 Å². The number of hydrogen-bond acceptors (Lipinski definition) is 4. The second kappa shape index (κ2) is 7.17. The summed E-state index contributed by atoms with van der Waals surface area (Å²) in [6.07, 6.45) is 0. The van der Waals surface area contributed by atoms with Gasteiger partial charge in [0, 0.05) is 0 Å². The maximum Gasteiger partial charge on any atom is 0.299 e. The highest BCUT2D eigenvalue weighted by molar-refractivity contribution is 6.51. The summed E-state index contributed by atoms with van der Waals surface area (Å²) in [5.41, 5.74) is 10.4. The van der Waals surface area contributed by atoms with Gasteiger partial charge in [0.05, 0.1) is 17.1 Å². The van der Waals surface area contributed by atoms with Crippen molar-refractivity contribution in [3.63, 3.8) is 0 Å². The average Bonchev–Trinajstić information content (AvgIpc) is 3.02. The first kappa shape index (κ1) is 16.6. The van der Waals surface area contributed by atoms with Gasteiger partial charge < -0.3 is 0 Å². The number of hydrazine groups is 1. The molecular weight excluding hydrogens is 336 g/mol. The van der Waals surface area contributed by atoms with E-state index in [-0.39, 0.29) is 11.6 Å². The van der Waals surface area contributed by atoms with Gasteiger partial charge in [0.15, 0.2) is 5.71 Å². The number of carbonyl (C=O) groups is 1. The van der Waals surface area contributed by atoms with E-state index in [4.69, 9.17) is 0 Å². The fourth-order valence-electron chi connectivity index (χ4n) is 2.84. The standard InChI is InChI=1S/C22H18N4O/c1-16-21(22(27)26(25-16)20-10-6-3-7-11-20)24-23-19-14-12-18(13-15-19)17-8-4-2-5-9-17/h2-15,23,25H,1H2. The zero-order valence-electron chi connectivity index (χ0n) is 14.6. The van der Waals surface area contributed by atoms with Gasteiger partial charge in [0.25, 0.3) is 5.91 Å². The molecule has 27 heavy (non-hydrogen) atoms. The molecule has 1 aliphatic heterocycles. The summed E-state index contributed by atoms with van der Waals surface area (Å²) >= 11 is 0. The van der Waals surface area contributed by atoms with Crippen LogP contribution in [-0.4, -0.2) is 11.6 Å². The highest BCUT2D eigenvalue weighted by Gasteiger charge is 2.32. The normalized spacial score (nSPS) is 15.1. The second-order valence-electron chi connectivity index (χ2n) is 6.08. The monoisotopic (exact) mass is 354 g/mol. The molecule has 3 aromatic carbocycles. The van der Waals surface area contributed by atoms with Crippen molar-refractivity contribution < 1.29 is 4.79 Å². The lowest BCUT2D eigenvalue weighted by Crippen LogP contribution is -2.34. The molecule has 0 aromatic heterocycles. The third kappa shape index (κ3) is 3.43. The molecule has 0 aliphatic carbocycles. The number of para-hydroxylation sites is 1. The largest absolute Gasteiger partial charge is 0.299 e. The first-order chi connectivity index (χ1) is 13.2. The van der Waals surface area contributed by atoms with Crippen LogP contribution in [0.25, 0.3) is 11.1 Å². The van der Waals surface area contributed by atoms with Crippen molar-refractivity contribution in [2.24, 2.45) is 5.10 Å². The Bertz CT molecular complexity index is 996. The number of carbonyl (C=O) groups excluding carboxylic acids is 1. The summed E-state index contributed by atoms with van der Waals surface area (Å²) in [6, 6.07) is 27.3. The molecule has 0 unspecified atom stereocenters. The van der Waals surface area contributed by atoms with E-state index in [1.54, 1.807) is 0 Å². The summed E-state index contributed by atoms with van der Waals surface area (Å²) in [5.74, 6) is -0.250. The highest BCUT2D eigenvalue weighted by atomic mass is 16.2. The first-order valence-electron chi connectivity index (χ1n) is 8.57. The topological polar surface area (TPSA) is 56.7 Å². The molecule has 4 rings (SSSR count). The lowest BCUT2D eigenvalue weighted by atomic mass is 10.1. The number of benzene rings is 3. The molecule has 0 atom stereocenters. The molecule has 1 saturated heterocycles. The lowest BCUT2D eigenvalue weighted by molar-refractivity contribution is -0.112. The number of amides is 1. The fraction of sp³-hybridized carbons (Fsp3) is 0. The van der Waals surface area contributed by atoms with Crippen LogP contribution in [0.3, 0.4) is 0 Å². The van der Waals surface area contributed by atoms with Crippen LogP contribution in [0, 0.1) is 0 Å². The Morgan fingerprint density at radius 1 is 0.815 bits per heavy atom. The number of rotatable bonds is 4. The number of hydrazone groups is 1. The highest BCUT2D eigenvalue weighted by Crippen LogP contribution is 2.22. The van der Waals surface area contributed by atoms with Crippen LogP contribution in [0.4, 0.5) is 11.4 Å². The van der Waals surface area contributed by atoms with Gasteiger partial charge in [-0.25, -0.2) is 5.01 Å². The van der Waals surface area contributed by atoms with Crippen LogP contribution < -0.4 is 15.9 Å². The van der Waals surface area contributed by atoms with E-state index < -0.39 is 0 Å². The van der Waals surface area contributed by atoms with Gasteiger partial charge in [0.2, 0.25) is 0 Å². The Labute approximate surface area is 157 Å². The van der Waals surface area contributed by atoms with Crippen molar-refractivity contribution in [1.82, 2.24) is 5.43 Å². The van der Waals surface area contributed by atoms with E-state index >= 15 is 0 Å². The molecule has 5 nitrogen and oxygen atoms in total. The van der Waals surface area contributed by atoms with Crippen molar-refractivity contribution in [3.05, 3.63) is 97.2 Å². The predicted molar refractivity (Wildman–Crippen MR) is 109 cm³/mol. The minimum Gasteiger partial charge on any atom is -0.289 e. The lowest BCUT2D eigenvalue weighted by Gasteiger charge is -2.14. The van der Waals surface area contributed by atoms with E-state index in [0.29, 0.717) is 5.70 Å². The van der Waals surface area contributed by atoms with Gasteiger partial charge in [-0.2, -0.15) is 5.10 Å². The summed E-state index contributed by atoms with van der Waals surface area (Å²) in [7, 11) is 0. The molecule has 0 spiro atoms. The molecule has 3 aromatic rings. The Morgan fingerprint density at radius 2 is 1.41 bits per heavy atom. The molecule has 1 amide bonds. The van der Waals surface area contributed by atoms with E-state index in [9.17, 15) is 4.79 Å². The Hall–Kier alpha value is -3.86. The van der Waals surface area contributed by atoms with Crippen LogP contribution in [0.5, 0.6) is 0 Å². The zero-order valence-corrected chi connectivity index (χ0v) is 14.6. The summed E-state index contributed by atoms with van der Waals surface area (Å²) in [4.78, 5) is 12.6. The minimum absolute atomic E-state index is 0.250. The second-order valence-corrected chi connectivity index (χ2v) is 6.08. The van der Waals surface area contributed by atoms with Crippen LogP contribution in [0.2, 0.25) is 0 Å². The predicted octanol–water partition coefficient (Wildman–Crippen LogP) is 4.19. The van der Waals surface area contributed by atoms with E-state index in [1.165, 1.54) is 5.01 Å². The molecule has 0 saturated carbocycles. The molecule has 132 valence electrons. The van der Waals surface area contributed by atoms with Crippen molar-refractivity contribution in [3.8, 4) is 11.1 Å². The maximum absolute atomic E-state index is 12.6. The first-order valence-corrected chi connectivity index (χ1v) is 8.57. The van der Waals surface area contributed by atoms with Crippen molar-refractivity contribution >= 4 is 23.0 Å². The van der Waals surface area contributed by atoms with Crippen molar-refractivity contribution in [1.29, 1.82) is 0 Å². The molecule has 5 heteroatoms. The minimum atomic E-state index is -0.250. The van der Waals surface area contributed by atoms with Gasteiger partial charge >= 0.3 is 0 Å².